The number of unbranched alkanes of at least 4 members (excludes halogenated alkanes) is 26. The van der Waals surface area contributed by atoms with Gasteiger partial charge in [0.05, 0.1) is 34.3 Å². The Labute approximate surface area is 306 Å². The first-order valence-electron chi connectivity index (χ1n) is 21.3. The predicted molar refractivity (Wildman–Crippen MR) is 209 cm³/mol. The van der Waals surface area contributed by atoms with E-state index < -0.39 is 5.41 Å². The SMILES string of the molecule is CCCCCCCCCCCCCCCCCCCC(=O)OCC(COC)(COC(=O)CCCCCCCCCCCCC)C[N+](C)(C)C. The number of hydrogen-bond acceptors (Lipinski definition) is 5. The van der Waals surface area contributed by atoms with Gasteiger partial charge in [0.2, 0.25) is 0 Å². The highest BCUT2D eigenvalue weighted by molar-refractivity contribution is 5.69. The molecule has 0 saturated heterocycles. The van der Waals surface area contributed by atoms with Crippen LogP contribution in [-0.4, -0.2) is 71.0 Å². The molecule has 0 aliphatic rings. The Morgan fingerprint density at radius 2 is 0.694 bits per heavy atom. The Morgan fingerprint density at radius 1 is 0.429 bits per heavy atom. The van der Waals surface area contributed by atoms with E-state index in [1.54, 1.807) is 7.11 Å². The largest absolute Gasteiger partial charge is 0.465 e. The van der Waals surface area contributed by atoms with Gasteiger partial charge in [0.1, 0.15) is 18.6 Å². The van der Waals surface area contributed by atoms with E-state index in [9.17, 15) is 9.59 Å². The molecule has 1 atom stereocenters. The number of quaternary nitrogens is 1. The highest BCUT2D eigenvalue weighted by Gasteiger charge is 2.39. The molecule has 0 spiro atoms. The summed E-state index contributed by atoms with van der Waals surface area (Å²) >= 11 is 0. The molecule has 0 aromatic heterocycles. The van der Waals surface area contributed by atoms with E-state index in [1.807, 2.05) is 0 Å². The lowest BCUT2D eigenvalue weighted by Crippen LogP contribution is -2.52. The third-order valence-electron chi connectivity index (χ3n) is 9.81. The fourth-order valence-electron chi connectivity index (χ4n) is 7.11. The van der Waals surface area contributed by atoms with Gasteiger partial charge in [0.15, 0.2) is 0 Å². The van der Waals surface area contributed by atoms with Crippen molar-refractivity contribution in [2.24, 2.45) is 5.41 Å². The van der Waals surface area contributed by atoms with Crippen LogP contribution < -0.4 is 0 Å². The summed E-state index contributed by atoms with van der Waals surface area (Å²) in [7, 11) is 7.99. The van der Waals surface area contributed by atoms with Gasteiger partial charge in [-0.15, -0.1) is 0 Å². The molecule has 0 saturated carbocycles. The Morgan fingerprint density at radius 3 is 0.939 bits per heavy atom. The van der Waals surface area contributed by atoms with Crippen LogP contribution in [-0.2, 0) is 23.8 Å². The number of methoxy groups -OCH3 is 1. The maximum Gasteiger partial charge on any atom is 0.305 e. The Bertz CT molecular complexity index is 736. The molecule has 6 nitrogen and oxygen atoms in total. The lowest BCUT2D eigenvalue weighted by atomic mass is 9.89. The molecule has 49 heavy (non-hydrogen) atoms. The van der Waals surface area contributed by atoms with Crippen LogP contribution in [0.3, 0.4) is 0 Å². The zero-order valence-corrected chi connectivity index (χ0v) is 34.0. The normalized spacial score (nSPS) is 13.0. The second-order valence-corrected chi connectivity index (χ2v) is 16.4. The van der Waals surface area contributed by atoms with Crippen LogP contribution in [0.25, 0.3) is 0 Å². The Balaban J connectivity index is 4.15. The summed E-state index contributed by atoms with van der Waals surface area (Å²) in [5.74, 6) is -0.317. The summed E-state index contributed by atoms with van der Waals surface area (Å²) in [6.07, 6.45) is 37.2. The number of ether oxygens (including phenoxy) is 3. The van der Waals surface area contributed by atoms with Gasteiger partial charge in [-0.3, -0.25) is 9.59 Å². The average Bonchev–Trinajstić information content (AvgIpc) is 3.06. The van der Waals surface area contributed by atoms with Crippen molar-refractivity contribution in [3.63, 3.8) is 0 Å². The topological polar surface area (TPSA) is 61.8 Å². The first-order chi connectivity index (χ1) is 23.7. The van der Waals surface area contributed by atoms with E-state index in [0.717, 1.165) is 25.7 Å². The molecule has 0 aromatic rings. The number of nitrogens with zero attached hydrogens (tertiary/aromatic N) is 1. The minimum Gasteiger partial charge on any atom is -0.465 e. The van der Waals surface area contributed by atoms with Crippen LogP contribution in [0.5, 0.6) is 0 Å². The summed E-state index contributed by atoms with van der Waals surface area (Å²) in [4.78, 5) is 25.4. The minimum absolute atomic E-state index is 0.157. The first-order valence-corrected chi connectivity index (χ1v) is 21.3. The molecule has 0 aliphatic carbocycles. The van der Waals surface area contributed by atoms with E-state index in [0.29, 0.717) is 30.5 Å². The van der Waals surface area contributed by atoms with E-state index in [4.69, 9.17) is 14.2 Å². The number of esters is 2. The lowest BCUT2D eigenvalue weighted by molar-refractivity contribution is -0.877. The van der Waals surface area contributed by atoms with Gasteiger partial charge in [-0.05, 0) is 12.8 Å². The van der Waals surface area contributed by atoms with Gasteiger partial charge in [-0.1, -0.05) is 181 Å². The fraction of sp³-hybridized carbons (Fsp3) is 0.953. The van der Waals surface area contributed by atoms with E-state index in [2.05, 4.69) is 35.0 Å². The molecule has 6 heteroatoms. The van der Waals surface area contributed by atoms with Gasteiger partial charge in [0, 0.05) is 20.0 Å². The van der Waals surface area contributed by atoms with Crippen molar-refractivity contribution in [3.05, 3.63) is 0 Å². The molecule has 0 aliphatic heterocycles. The van der Waals surface area contributed by atoms with Crippen LogP contribution in [0, 0.1) is 5.41 Å². The molecular weight excluding hydrogens is 610 g/mol. The van der Waals surface area contributed by atoms with Crippen LogP contribution in [0.15, 0.2) is 0 Å². The second-order valence-electron chi connectivity index (χ2n) is 16.4. The molecule has 0 radical (unpaired) electrons. The van der Waals surface area contributed by atoms with Crippen molar-refractivity contribution in [2.45, 2.75) is 206 Å². The molecule has 0 fully saturated rings. The maximum atomic E-state index is 12.7. The molecule has 0 N–H and O–H groups in total. The van der Waals surface area contributed by atoms with Gasteiger partial charge < -0.3 is 18.7 Å². The summed E-state index contributed by atoms with van der Waals surface area (Å²) in [5, 5.41) is 0. The molecular formula is C43H86NO5+. The lowest BCUT2D eigenvalue weighted by Gasteiger charge is -2.38. The molecule has 292 valence electrons. The zero-order valence-electron chi connectivity index (χ0n) is 34.0. The highest BCUT2D eigenvalue weighted by Crippen LogP contribution is 2.24. The quantitative estimate of drug-likeness (QED) is 0.0365. The number of hydrogen-bond donors (Lipinski definition) is 0. The van der Waals surface area contributed by atoms with Crippen molar-refractivity contribution < 1.29 is 28.3 Å². The molecule has 0 amide bonds. The Kier molecular flexibility index (Phi) is 33.2. The molecule has 0 aromatic carbocycles. The summed E-state index contributed by atoms with van der Waals surface area (Å²) in [6, 6.07) is 0. The predicted octanol–water partition coefficient (Wildman–Crippen LogP) is 12.2. The van der Waals surface area contributed by atoms with E-state index in [1.165, 1.54) is 154 Å². The van der Waals surface area contributed by atoms with Crippen molar-refractivity contribution in [2.75, 3.05) is 54.6 Å². The van der Waals surface area contributed by atoms with Gasteiger partial charge in [-0.2, -0.15) is 0 Å². The van der Waals surface area contributed by atoms with Crippen molar-refractivity contribution in [1.29, 1.82) is 0 Å². The summed E-state index contributed by atoms with van der Waals surface area (Å²) in [5.41, 5.74) is -0.566. The average molecular weight is 697 g/mol. The second kappa shape index (κ2) is 34.0. The Hall–Kier alpha value is -1.14. The molecule has 0 heterocycles. The maximum absolute atomic E-state index is 12.7. The molecule has 1 unspecified atom stereocenters. The van der Waals surface area contributed by atoms with E-state index >= 15 is 0 Å². The van der Waals surface area contributed by atoms with Crippen LogP contribution in [0.4, 0.5) is 0 Å². The third-order valence-corrected chi connectivity index (χ3v) is 9.81. The van der Waals surface area contributed by atoms with Crippen LogP contribution >= 0.6 is 0 Å². The van der Waals surface area contributed by atoms with Gasteiger partial charge in [0.25, 0.3) is 0 Å². The molecule has 0 rings (SSSR count). The zero-order chi connectivity index (χ0) is 36.3. The number of carbonyl (C=O) groups is 2. The van der Waals surface area contributed by atoms with Crippen molar-refractivity contribution in [1.82, 2.24) is 0 Å². The summed E-state index contributed by atoms with van der Waals surface area (Å²) in [6.45, 7) is 6.02. The number of rotatable bonds is 38. The van der Waals surface area contributed by atoms with Crippen LogP contribution in [0.1, 0.15) is 206 Å². The van der Waals surface area contributed by atoms with Crippen LogP contribution in [0.2, 0.25) is 0 Å². The van der Waals surface area contributed by atoms with E-state index in [-0.39, 0.29) is 25.2 Å². The standard InChI is InChI=1S/C43H86NO5/c1-7-9-11-13-15-17-19-20-21-22-23-24-26-28-30-32-34-36-42(46)49-40-43(38-47-6,37-44(3,4)5)39-48-41(45)35-33-31-29-27-25-18-16-14-12-10-8-2/h7-40H2,1-6H3/q+1. The summed E-state index contributed by atoms with van der Waals surface area (Å²) < 4.78 is 17.9. The smallest absolute Gasteiger partial charge is 0.305 e. The monoisotopic (exact) mass is 697 g/mol. The number of carbonyl (C=O) groups excluding carboxylic acids is 2. The van der Waals surface area contributed by atoms with Crippen molar-refractivity contribution in [3.8, 4) is 0 Å². The molecule has 0 bridgehead atoms. The van der Waals surface area contributed by atoms with Gasteiger partial charge >= 0.3 is 11.9 Å². The fourth-order valence-corrected chi connectivity index (χ4v) is 7.11. The first kappa shape index (κ1) is 47.9. The van der Waals surface area contributed by atoms with Crippen molar-refractivity contribution >= 4 is 11.9 Å². The highest BCUT2D eigenvalue weighted by atomic mass is 16.6. The minimum atomic E-state index is -0.566. The van der Waals surface area contributed by atoms with Gasteiger partial charge in [-0.25, -0.2) is 0 Å². The third kappa shape index (κ3) is 33.7.